The minimum Gasteiger partial charge on any atom is -0.313 e. The van der Waals surface area contributed by atoms with Gasteiger partial charge in [-0.25, -0.2) is 0 Å². The molecule has 1 unspecified atom stereocenters. The van der Waals surface area contributed by atoms with Crippen LogP contribution in [-0.2, 0) is 6.18 Å². The molecular formula is C12H14F3N. The second kappa shape index (κ2) is 5.16. The fourth-order valence-corrected chi connectivity index (χ4v) is 1.63. The summed E-state index contributed by atoms with van der Waals surface area (Å²) in [5, 5.41) is 2.86. The molecule has 0 spiro atoms. The molecule has 1 atom stereocenters. The third-order valence-corrected chi connectivity index (χ3v) is 2.39. The van der Waals surface area contributed by atoms with Crippen LogP contribution in [-0.4, -0.2) is 7.05 Å². The van der Waals surface area contributed by atoms with Gasteiger partial charge in [-0.1, -0.05) is 24.3 Å². The molecule has 0 amide bonds. The van der Waals surface area contributed by atoms with E-state index in [1.165, 1.54) is 12.1 Å². The van der Waals surface area contributed by atoms with E-state index < -0.39 is 11.7 Å². The van der Waals surface area contributed by atoms with Crippen molar-refractivity contribution in [3.63, 3.8) is 0 Å². The zero-order valence-electron chi connectivity index (χ0n) is 9.01. The minimum atomic E-state index is -4.31. The normalized spacial score (nSPS) is 13.5. The quantitative estimate of drug-likeness (QED) is 0.778. The Morgan fingerprint density at radius 3 is 2.50 bits per heavy atom. The van der Waals surface area contributed by atoms with Crippen molar-refractivity contribution in [2.75, 3.05) is 7.05 Å². The largest absolute Gasteiger partial charge is 0.416 e. The molecule has 0 saturated carbocycles. The Labute approximate surface area is 93.0 Å². The molecule has 0 aliphatic heterocycles. The Kier molecular flexibility index (Phi) is 4.12. The van der Waals surface area contributed by atoms with Gasteiger partial charge in [0.05, 0.1) is 5.56 Å². The molecule has 0 saturated heterocycles. The lowest BCUT2D eigenvalue weighted by Crippen LogP contribution is -2.20. The molecule has 1 nitrogen and oxygen atoms in total. The Morgan fingerprint density at radius 1 is 1.38 bits per heavy atom. The van der Waals surface area contributed by atoms with Crippen LogP contribution in [0.5, 0.6) is 0 Å². The van der Waals surface area contributed by atoms with E-state index in [0.717, 1.165) is 6.07 Å². The van der Waals surface area contributed by atoms with Crippen LogP contribution >= 0.6 is 0 Å². The number of halogens is 3. The Bertz CT molecular complexity index is 358. The lowest BCUT2D eigenvalue weighted by molar-refractivity contribution is -0.138. The zero-order valence-corrected chi connectivity index (χ0v) is 9.01. The summed E-state index contributed by atoms with van der Waals surface area (Å²) in [7, 11) is 1.64. The molecule has 1 aromatic rings. The van der Waals surface area contributed by atoms with Crippen molar-refractivity contribution >= 4 is 0 Å². The fourth-order valence-electron chi connectivity index (χ4n) is 1.63. The summed E-state index contributed by atoms with van der Waals surface area (Å²) in [4.78, 5) is 0. The third-order valence-electron chi connectivity index (χ3n) is 2.39. The van der Waals surface area contributed by atoms with E-state index in [0.29, 0.717) is 6.42 Å². The first kappa shape index (κ1) is 12.8. The summed E-state index contributed by atoms with van der Waals surface area (Å²) in [6.45, 7) is 3.54. The third kappa shape index (κ3) is 2.85. The summed E-state index contributed by atoms with van der Waals surface area (Å²) in [6.07, 6.45) is -2.25. The monoisotopic (exact) mass is 229 g/mol. The van der Waals surface area contributed by atoms with Gasteiger partial charge in [0.15, 0.2) is 0 Å². The fraction of sp³-hybridized carbons (Fsp3) is 0.333. The highest BCUT2D eigenvalue weighted by molar-refractivity contribution is 5.32. The number of alkyl halides is 3. The zero-order chi connectivity index (χ0) is 12.2. The van der Waals surface area contributed by atoms with Gasteiger partial charge in [0.25, 0.3) is 0 Å². The van der Waals surface area contributed by atoms with Crippen molar-refractivity contribution in [3.8, 4) is 0 Å². The van der Waals surface area contributed by atoms with Crippen LogP contribution in [0.4, 0.5) is 13.2 Å². The van der Waals surface area contributed by atoms with E-state index in [-0.39, 0.29) is 11.6 Å². The van der Waals surface area contributed by atoms with E-state index in [4.69, 9.17) is 0 Å². The van der Waals surface area contributed by atoms with Crippen LogP contribution in [0.1, 0.15) is 23.6 Å². The molecule has 88 valence electrons. The highest BCUT2D eigenvalue weighted by atomic mass is 19.4. The summed E-state index contributed by atoms with van der Waals surface area (Å²) in [5.74, 6) is 0. The van der Waals surface area contributed by atoms with Crippen LogP contribution < -0.4 is 5.32 Å². The van der Waals surface area contributed by atoms with Gasteiger partial charge in [0.1, 0.15) is 0 Å². The van der Waals surface area contributed by atoms with Crippen molar-refractivity contribution in [2.24, 2.45) is 0 Å². The molecule has 0 aliphatic carbocycles. The number of benzene rings is 1. The first-order chi connectivity index (χ1) is 7.50. The van der Waals surface area contributed by atoms with Crippen LogP contribution in [0, 0.1) is 0 Å². The van der Waals surface area contributed by atoms with Gasteiger partial charge in [-0.3, -0.25) is 0 Å². The van der Waals surface area contributed by atoms with E-state index in [9.17, 15) is 13.2 Å². The molecule has 1 rings (SSSR count). The molecular weight excluding hydrogens is 215 g/mol. The van der Waals surface area contributed by atoms with Gasteiger partial charge >= 0.3 is 6.18 Å². The molecule has 1 N–H and O–H groups in total. The van der Waals surface area contributed by atoms with Crippen LogP contribution in [0.25, 0.3) is 0 Å². The topological polar surface area (TPSA) is 12.0 Å². The van der Waals surface area contributed by atoms with Crippen molar-refractivity contribution < 1.29 is 13.2 Å². The Hall–Kier alpha value is -1.29. The van der Waals surface area contributed by atoms with Crippen molar-refractivity contribution in [2.45, 2.75) is 18.6 Å². The van der Waals surface area contributed by atoms with Crippen molar-refractivity contribution in [3.05, 3.63) is 48.0 Å². The molecule has 16 heavy (non-hydrogen) atoms. The summed E-state index contributed by atoms with van der Waals surface area (Å²) >= 11 is 0. The van der Waals surface area contributed by atoms with E-state index in [1.54, 1.807) is 19.2 Å². The molecule has 0 heterocycles. The first-order valence-electron chi connectivity index (χ1n) is 4.95. The number of rotatable bonds is 4. The number of hydrogen-bond acceptors (Lipinski definition) is 1. The van der Waals surface area contributed by atoms with E-state index in [1.807, 2.05) is 0 Å². The van der Waals surface area contributed by atoms with Gasteiger partial charge in [-0.2, -0.15) is 13.2 Å². The van der Waals surface area contributed by atoms with Crippen molar-refractivity contribution in [1.29, 1.82) is 0 Å². The van der Waals surface area contributed by atoms with Crippen molar-refractivity contribution in [1.82, 2.24) is 5.32 Å². The molecule has 1 aromatic carbocycles. The number of nitrogens with one attached hydrogen (secondary N) is 1. The van der Waals surface area contributed by atoms with Gasteiger partial charge in [0.2, 0.25) is 0 Å². The maximum Gasteiger partial charge on any atom is 0.416 e. The van der Waals surface area contributed by atoms with E-state index in [2.05, 4.69) is 11.9 Å². The maximum absolute atomic E-state index is 12.7. The van der Waals surface area contributed by atoms with Crippen LogP contribution in [0.3, 0.4) is 0 Å². The predicted octanol–water partition coefficient (Wildman–Crippen LogP) is 3.54. The van der Waals surface area contributed by atoms with Gasteiger partial charge in [0, 0.05) is 6.04 Å². The lowest BCUT2D eigenvalue weighted by Gasteiger charge is -2.20. The second-order valence-electron chi connectivity index (χ2n) is 3.45. The van der Waals surface area contributed by atoms with Gasteiger partial charge in [-0.15, -0.1) is 6.58 Å². The molecule has 4 heteroatoms. The highest BCUT2D eigenvalue weighted by Gasteiger charge is 2.34. The van der Waals surface area contributed by atoms with Crippen LogP contribution in [0.15, 0.2) is 36.9 Å². The summed E-state index contributed by atoms with van der Waals surface area (Å²) in [5.41, 5.74) is -0.325. The molecule has 0 radical (unpaired) electrons. The average molecular weight is 229 g/mol. The second-order valence-corrected chi connectivity index (χ2v) is 3.45. The maximum atomic E-state index is 12.7. The standard InChI is InChI=1S/C12H14F3N/c1-3-6-11(16-2)9-7-4-5-8-10(9)12(13,14)15/h3-5,7-8,11,16H,1,6H2,2H3. The van der Waals surface area contributed by atoms with Crippen LogP contribution in [0.2, 0.25) is 0 Å². The molecule has 0 aliphatic rings. The molecule has 0 aromatic heterocycles. The predicted molar refractivity (Wildman–Crippen MR) is 58.1 cm³/mol. The molecule has 0 fully saturated rings. The van der Waals surface area contributed by atoms with Gasteiger partial charge < -0.3 is 5.32 Å². The smallest absolute Gasteiger partial charge is 0.313 e. The first-order valence-corrected chi connectivity index (χ1v) is 4.95. The summed E-state index contributed by atoms with van der Waals surface area (Å²) < 4.78 is 38.2. The lowest BCUT2D eigenvalue weighted by atomic mass is 9.98. The molecule has 0 bridgehead atoms. The SMILES string of the molecule is C=CCC(NC)c1ccccc1C(F)(F)F. The number of hydrogen-bond donors (Lipinski definition) is 1. The Balaban J connectivity index is 3.16. The minimum absolute atomic E-state index is 0.261. The Morgan fingerprint density at radius 2 is 2.00 bits per heavy atom. The summed E-state index contributed by atoms with van der Waals surface area (Å²) in [6, 6.07) is 5.25. The highest BCUT2D eigenvalue weighted by Crippen LogP contribution is 2.35. The van der Waals surface area contributed by atoms with Gasteiger partial charge in [-0.05, 0) is 25.1 Å². The average Bonchev–Trinajstić information content (AvgIpc) is 2.25. The van der Waals surface area contributed by atoms with E-state index >= 15 is 0 Å².